The van der Waals surface area contributed by atoms with Crippen LogP contribution in [-0.4, -0.2) is 11.8 Å². The van der Waals surface area contributed by atoms with Crippen LogP contribution >= 0.6 is 11.6 Å². The average Bonchev–Trinajstić information content (AvgIpc) is 3.39. The Labute approximate surface area is 146 Å². The number of para-hydroxylation sites is 1. The molecule has 0 bridgehead atoms. The molecule has 130 valence electrons. The molecule has 1 fully saturated rings. The Kier molecular flexibility index (Phi) is 4.43. The van der Waals surface area contributed by atoms with Crippen molar-refractivity contribution in [2.45, 2.75) is 12.8 Å². The van der Waals surface area contributed by atoms with E-state index in [1.807, 2.05) is 0 Å². The number of carbonyl (C=O) groups excluding carboxylic acids is 2. The topological polar surface area (TPSA) is 58.2 Å². The van der Waals surface area contributed by atoms with Gasteiger partial charge in [-0.05, 0) is 37.1 Å². The second-order valence-electron chi connectivity index (χ2n) is 5.69. The van der Waals surface area contributed by atoms with E-state index in [0.29, 0.717) is 16.8 Å². The Morgan fingerprint density at radius 2 is 1.48 bits per heavy atom. The zero-order valence-corrected chi connectivity index (χ0v) is 13.5. The third kappa shape index (κ3) is 3.19. The first kappa shape index (κ1) is 17.3. The fraction of sp³-hybridized carbons (Fsp3) is 0.176. The van der Waals surface area contributed by atoms with Crippen LogP contribution in [0.15, 0.2) is 36.4 Å². The van der Waals surface area contributed by atoms with E-state index in [1.54, 1.807) is 24.3 Å². The first-order valence-electron chi connectivity index (χ1n) is 7.36. The van der Waals surface area contributed by atoms with Gasteiger partial charge in [0.25, 0.3) is 0 Å². The van der Waals surface area contributed by atoms with Gasteiger partial charge in [-0.2, -0.15) is 0 Å². The lowest BCUT2D eigenvalue weighted by Gasteiger charge is -2.16. The first-order chi connectivity index (χ1) is 11.8. The number of benzene rings is 2. The molecular formula is C17H12ClF3N2O2. The monoisotopic (exact) mass is 368 g/mol. The fourth-order valence-corrected chi connectivity index (χ4v) is 2.53. The molecule has 8 heteroatoms. The van der Waals surface area contributed by atoms with Crippen LogP contribution in [0, 0.1) is 22.9 Å². The van der Waals surface area contributed by atoms with E-state index in [0.717, 1.165) is 6.07 Å². The minimum Gasteiger partial charge on any atom is -0.324 e. The molecule has 2 aromatic rings. The summed E-state index contributed by atoms with van der Waals surface area (Å²) in [7, 11) is 0. The standard InChI is InChI=1S/C17H12ClF3N2O2/c18-9-3-1-2-4-11(9)22-15(24)17(7-8-17)16(25)23-12-6-5-10(19)13(20)14(12)21/h1-6H,7-8H2,(H,22,24)(H,23,25). The lowest BCUT2D eigenvalue weighted by Crippen LogP contribution is -2.36. The van der Waals surface area contributed by atoms with Crippen molar-refractivity contribution in [2.24, 2.45) is 5.41 Å². The van der Waals surface area contributed by atoms with Crippen LogP contribution in [0.1, 0.15) is 12.8 Å². The maximum atomic E-state index is 13.7. The molecule has 0 saturated heterocycles. The van der Waals surface area contributed by atoms with E-state index in [2.05, 4.69) is 10.6 Å². The molecule has 0 heterocycles. The number of rotatable bonds is 4. The molecular weight excluding hydrogens is 357 g/mol. The molecule has 0 unspecified atom stereocenters. The maximum absolute atomic E-state index is 13.7. The lowest BCUT2D eigenvalue weighted by molar-refractivity contribution is -0.131. The van der Waals surface area contributed by atoms with Gasteiger partial charge in [0, 0.05) is 0 Å². The van der Waals surface area contributed by atoms with Crippen molar-refractivity contribution in [3.63, 3.8) is 0 Å². The van der Waals surface area contributed by atoms with Crippen LogP contribution in [0.4, 0.5) is 24.5 Å². The van der Waals surface area contributed by atoms with Crippen LogP contribution in [0.2, 0.25) is 5.02 Å². The number of amides is 2. The second-order valence-corrected chi connectivity index (χ2v) is 6.10. The number of halogens is 4. The molecule has 2 N–H and O–H groups in total. The summed E-state index contributed by atoms with van der Waals surface area (Å²) in [6.45, 7) is 0. The quantitative estimate of drug-likeness (QED) is 0.630. The molecule has 0 atom stereocenters. The van der Waals surface area contributed by atoms with Crippen LogP contribution < -0.4 is 10.6 Å². The molecule has 1 aliphatic carbocycles. The number of hydrogen-bond donors (Lipinski definition) is 2. The third-order valence-electron chi connectivity index (χ3n) is 4.02. The summed E-state index contributed by atoms with van der Waals surface area (Å²) in [5.41, 5.74) is -1.58. The summed E-state index contributed by atoms with van der Waals surface area (Å²) in [6.07, 6.45) is 0.501. The van der Waals surface area contributed by atoms with E-state index in [9.17, 15) is 22.8 Å². The highest BCUT2D eigenvalue weighted by atomic mass is 35.5. The SMILES string of the molecule is O=C(Nc1ccccc1Cl)C1(C(=O)Nc2ccc(F)c(F)c2F)CC1. The van der Waals surface area contributed by atoms with Crippen LogP contribution in [0.25, 0.3) is 0 Å². The summed E-state index contributed by atoms with van der Waals surface area (Å²) in [5.74, 6) is -5.96. The summed E-state index contributed by atoms with van der Waals surface area (Å²) in [4.78, 5) is 24.8. The molecule has 0 aromatic heterocycles. The van der Waals surface area contributed by atoms with Crippen molar-refractivity contribution in [1.29, 1.82) is 0 Å². The largest absolute Gasteiger partial charge is 0.324 e. The Hall–Kier alpha value is -2.54. The Balaban J connectivity index is 1.77. The molecule has 2 aromatic carbocycles. The van der Waals surface area contributed by atoms with Crippen LogP contribution in [0.3, 0.4) is 0 Å². The number of nitrogens with one attached hydrogen (secondary N) is 2. The van der Waals surface area contributed by atoms with Gasteiger partial charge < -0.3 is 10.6 Å². The molecule has 3 rings (SSSR count). The molecule has 0 spiro atoms. The van der Waals surface area contributed by atoms with Crippen LogP contribution in [-0.2, 0) is 9.59 Å². The summed E-state index contributed by atoms with van der Waals surface area (Å²) in [5, 5.41) is 5.01. The van der Waals surface area contributed by atoms with E-state index in [1.165, 1.54) is 0 Å². The molecule has 0 radical (unpaired) electrons. The highest BCUT2D eigenvalue weighted by molar-refractivity contribution is 6.34. The van der Waals surface area contributed by atoms with E-state index in [-0.39, 0.29) is 12.8 Å². The Bertz CT molecular complexity index is 869. The summed E-state index contributed by atoms with van der Waals surface area (Å²) < 4.78 is 39.9. The van der Waals surface area contributed by atoms with Crippen molar-refractivity contribution in [1.82, 2.24) is 0 Å². The Morgan fingerprint density at radius 3 is 2.08 bits per heavy atom. The first-order valence-corrected chi connectivity index (χ1v) is 7.74. The minimum absolute atomic E-state index is 0.250. The molecule has 4 nitrogen and oxygen atoms in total. The zero-order chi connectivity index (χ0) is 18.2. The lowest BCUT2D eigenvalue weighted by atomic mass is 10.0. The number of anilines is 2. The van der Waals surface area contributed by atoms with Gasteiger partial charge in [-0.15, -0.1) is 0 Å². The van der Waals surface area contributed by atoms with Crippen molar-refractivity contribution in [3.8, 4) is 0 Å². The van der Waals surface area contributed by atoms with Gasteiger partial charge in [-0.1, -0.05) is 23.7 Å². The van der Waals surface area contributed by atoms with E-state index in [4.69, 9.17) is 11.6 Å². The summed E-state index contributed by atoms with van der Waals surface area (Å²) >= 11 is 5.96. The predicted octanol–water partition coefficient (Wildman–Crippen LogP) is 4.11. The van der Waals surface area contributed by atoms with Gasteiger partial charge in [0.05, 0.1) is 16.4 Å². The van der Waals surface area contributed by atoms with Crippen molar-refractivity contribution >= 4 is 34.8 Å². The van der Waals surface area contributed by atoms with Gasteiger partial charge in [-0.3, -0.25) is 9.59 Å². The zero-order valence-electron chi connectivity index (χ0n) is 12.7. The Morgan fingerprint density at radius 1 is 0.880 bits per heavy atom. The number of hydrogen-bond acceptors (Lipinski definition) is 2. The normalized spacial score (nSPS) is 14.7. The average molecular weight is 369 g/mol. The fourth-order valence-electron chi connectivity index (χ4n) is 2.35. The second kappa shape index (κ2) is 6.40. The van der Waals surface area contributed by atoms with Gasteiger partial charge in [0.1, 0.15) is 5.41 Å². The highest BCUT2D eigenvalue weighted by Gasteiger charge is 2.56. The maximum Gasteiger partial charge on any atom is 0.240 e. The van der Waals surface area contributed by atoms with Gasteiger partial charge in [0.15, 0.2) is 17.5 Å². The minimum atomic E-state index is -1.69. The van der Waals surface area contributed by atoms with E-state index < -0.39 is 40.4 Å². The molecule has 25 heavy (non-hydrogen) atoms. The summed E-state index contributed by atoms with van der Waals surface area (Å²) in [6, 6.07) is 8.09. The number of carbonyl (C=O) groups is 2. The van der Waals surface area contributed by atoms with Crippen molar-refractivity contribution < 1.29 is 22.8 Å². The smallest absolute Gasteiger partial charge is 0.240 e. The van der Waals surface area contributed by atoms with E-state index >= 15 is 0 Å². The van der Waals surface area contributed by atoms with Crippen molar-refractivity contribution in [3.05, 3.63) is 58.9 Å². The predicted molar refractivity (Wildman–Crippen MR) is 86.7 cm³/mol. The van der Waals surface area contributed by atoms with Gasteiger partial charge in [0.2, 0.25) is 11.8 Å². The third-order valence-corrected chi connectivity index (χ3v) is 4.35. The highest BCUT2D eigenvalue weighted by Crippen LogP contribution is 2.48. The molecule has 1 saturated carbocycles. The van der Waals surface area contributed by atoms with Gasteiger partial charge >= 0.3 is 0 Å². The molecule has 0 aliphatic heterocycles. The molecule has 1 aliphatic rings. The van der Waals surface area contributed by atoms with Gasteiger partial charge in [-0.25, -0.2) is 13.2 Å². The van der Waals surface area contributed by atoms with Crippen molar-refractivity contribution in [2.75, 3.05) is 10.6 Å². The van der Waals surface area contributed by atoms with Crippen LogP contribution in [0.5, 0.6) is 0 Å². The molecule has 2 amide bonds.